The van der Waals surface area contributed by atoms with E-state index in [0.29, 0.717) is 30.3 Å². The van der Waals surface area contributed by atoms with E-state index in [4.69, 9.17) is 0 Å². The van der Waals surface area contributed by atoms with E-state index in [1.54, 1.807) is 31.3 Å². The van der Waals surface area contributed by atoms with E-state index in [1.807, 2.05) is 10.9 Å². The zero-order valence-corrected chi connectivity index (χ0v) is 14.3. The minimum Gasteiger partial charge on any atom is -0.350 e. The standard InChI is InChI=1S/C19H22N4O2/c1-3-18(24)22(2)16-8-6-15(7-9-16)19(25)20-11-13-23-12-10-17(21-23)14-4-5-14/h3,6-10,12,14H,1,4-5,11,13H2,2H3,(H,20,25). The highest BCUT2D eigenvalue weighted by molar-refractivity contribution is 6.01. The number of amides is 2. The summed E-state index contributed by atoms with van der Waals surface area (Å²) < 4.78 is 1.87. The van der Waals surface area contributed by atoms with Crippen molar-refractivity contribution in [2.75, 3.05) is 18.5 Å². The molecule has 1 aliphatic rings. The summed E-state index contributed by atoms with van der Waals surface area (Å²) in [7, 11) is 1.67. The molecule has 130 valence electrons. The van der Waals surface area contributed by atoms with Crippen molar-refractivity contribution in [1.82, 2.24) is 15.1 Å². The molecule has 6 nitrogen and oxygen atoms in total. The van der Waals surface area contributed by atoms with Crippen LogP contribution >= 0.6 is 0 Å². The maximum atomic E-state index is 12.2. The second-order valence-corrected chi connectivity index (χ2v) is 6.18. The zero-order chi connectivity index (χ0) is 17.8. The maximum Gasteiger partial charge on any atom is 0.251 e. The predicted octanol–water partition coefficient (Wildman–Crippen LogP) is 2.34. The van der Waals surface area contributed by atoms with Gasteiger partial charge in [-0.3, -0.25) is 14.3 Å². The number of carbonyl (C=O) groups is 2. The highest BCUT2D eigenvalue weighted by Crippen LogP contribution is 2.38. The summed E-state index contributed by atoms with van der Waals surface area (Å²) in [6.07, 6.45) is 5.68. The Labute approximate surface area is 147 Å². The van der Waals surface area contributed by atoms with Gasteiger partial charge in [0.2, 0.25) is 5.91 Å². The Bertz CT molecular complexity index is 775. The van der Waals surface area contributed by atoms with Gasteiger partial charge in [0.1, 0.15) is 0 Å². The summed E-state index contributed by atoms with van der Waals surface area (Å²) in [5, 5.41) is 7.40. The average Bonchev–Trinajstić information content (AvgIpc) is 3.39. The first-order valence-electron chi connectivity index (χ1n) is 8.40. The zero-order valence-electron chi connectivity index (χ0n) is 14.3. The van der Waals surface area contributed by atoms with Crippen LogP contribution in [0.25, 0.3) is 0 Å². The quantitative estimate of drug-likeness (QED) is 0.788. The van der Waals surface area contributed by atoms with Crippen LogP contribution in [0.4, 0.5) is 5.69 Å². The SMILES string of the molecule is C=CC(=O)N(C)c1ccc(C(=O)NCCn2ccc(C3CC3)n2)cc1. The molecule has 0 spiro atoms. The fourth-order valence-corrected chi connectivity index (χ4v) is 2.59. The molecule has 2 aromatic rings. The van der Waals surface area contributed by atoms with Gasteiger partial charge in [-0.2, -0.15) is 5.10 Å². The molecule has 1 aromatic heterocycles. The molecule has 0 atom stereocenters. The van der Waals surface area contributed by atoms with E-state index in [1.165, 1.54) is 23.8 Å². The van der Waals surface area contributed by atoms with Crippen LogP contribution in [-0.2, 0) is 11.3 Å². The van der Waals surface area contributed by atoms with Crippen LogP contribution in [0.1, 0.15) is 34.8 Å². The van der Waals surface area contributed by atoms with E-state index in [9.17, 15) is 9.59 Å². The number of hydrogen-bond acceptors (Lipinski definition) is 3. The van der Waals surface area contributed by atoms with E-state index in [2.05, 4.69) is 23.1 Å². The topological polar surface area (TPSA) is 67.2 Å². The molecule has 0 aliphatic heterocycles. The molecule has 0 unspecified atom stereocenters. The third-order valence-corrected chi connectivity index (χ3v) is 4.31. The van der Waals surface area contributed by atoms with Gasteiger partial charge in [-0.25, -0.2) is 0 Å². The third-order valence-electron chi connectivity index (χ3n) is 4.31. The molecule has 0 saturated heterocycles. The summed E-state index contributed by atoms with van der Waals surface area (Å²) in [6, 6.07) is 8.95. The minimum absolute atomic E-state index is 0.140. The smallest absolute Gasteiger partial charge is 0.251 e. The summed E-state index contributed by atoms with van der Waals surface area (Å²) in [4.78, 5) is 25.2. The molecule has 2 amide bonds. The van der Waals surface area contributed by atoms with Gasteiger partial charge < -0.3 is 10.2 Å². The van der Waals surface area contributed by atoms with E-state index >= 15 is 0 Å². The Morgan fingerprint density at radius 1 is 1.32 bits per heavy atom. The number of likely N-dealkylation sites (N-methyl/N-ethyl adjacent to an activating group) is 1. The number of nitrogens with one attached hydrogen (secondary N) is 1. The van der Waals surface area contributed by atoms with Gasteiger partial charge in [0, 0.05) is 37.0 Å². The van der Waals surface area contributed by atoms with Gasteiger partial charge in [-0.15, -0.1) is 0 Å². The fourth-order valence-electron chi connectivity index (χ4n) is 2.59. The van der Waals surface area contributed by atoms with Crippen LogP contribution in [-0.4, -0.2) is 35.2 Å². The molecule has 1 fully saturated rings. The summed E-state index contributed by atoms with van der Waals surface area (Å²) in [5.74, 6) is 0.307. The number of nitrogens with zero attached hydrogens (tertiary/aromatic N) is 3. The first kappa shape index (κ1) is 17.0. The highest BCUT2D eigenvalue weighted by atomic mass is 16.2. The molecule has 1 saturated carbocycles. The second kappa shape index (κ2) is 7.34. The Morgan fingerprint density at radius 2 is 2.04 bits per heavy atom. The van der Waals surface area contributed by atoms with Gasteiger partial charge >= 0.3 is 0 Å². The molecule has 0 bridgehead atoms. The van der Waals surface area contributed by atoms with Crippen molar-refractivity contribution in [3.05, 3.63) is 60.4 Å². The Balaban J connectivity index is 1.50. The fraction of sp³-hybridized carbons (Fsp3) is 0.316. The van der Waals surface area contributed by atoms with Crippen LogP contribution < -0.4 is 10.2 Å². The number of hydrogen-bond donors (Lipinski definition) is 1. The van der Waals surface area contributed by atoms with Crippen molar-refractivity contribution in [2.45, 2.75) is 25.3 Å². The molecule has 3 rings (SSSR count). The van der Waals surface area contributed by atoms with Crippen molar-refractivity contribution in [2.24, 2.45) is 0 Å². The summed E-state index contributed by atoms with van der Waals surface area (Å²) in [6.45, 7) is 4.62. The van der Waals surface area contributed by atoms with Gasteiger partial charge in [-0.1, -0.05) is 6.58 Å². The number of rotatable bonds is 7. The van der Waals surface area contributed by atoms with Crippen LogP contribution in [0.2, 0.25) is 0 Å². The molecule has 1 aliphatic carbocycles. The molecular weight excluding hydrogens is 316 g/mol. The molecule has 0 radical (unpaired) electrons. The average molecular weight is 338 g/mol. The first-order chi connectivity index (χ1) is 12.1. The monoisotopic (exact) mass is 338 g/mol. The number of anilines is 1. The summed E-state index contributed by atoms with van der Waals surface area (Å²) in [5.41, 5.74) is 2.42. The van der Waals surface area contributed by atoms with Crippen LogP contribution in [0.3, 0.4) is 0 Å². The first-order valence-corrected chi connectivity index (χ1v) is 8.40. The van der Waals surface area contributed by atoms with Gasteiger partial charge in [0.15, 0.2) is 0 Å². The molecule has 6 heteroatoms. The van der Waals surface area contributed by atoms with Crippen molar-refractivity contribution in [3.63, 3.8) is 0 Å². The van der Waals surface area contributed by atoms with Gasteiger partial charge in [0.05, 0.1) is 12.2 Å². The molecule has 1 N–H and O–H groups in total. The highest BCUT2D eigenvalue weighted by Gasteiger charge is 2.25. The van der Waals surface area contributed by atoms with Crippen molar-refractivity contribution in [1.29, 1.82) is 0 Å². The number of benzene rings is 1. The van der Waals surface area contributed by atoms with Crippen LogP contribution in [0, 0.1) is 0 Å². The molecule has 1 aromatic carbocycles. The molecule has 1 heterocycles. The lowest BCUT2D eigenvalue weighted by atomic mass is 10.2. The lowest BCUT2D eigenvalue weighted by Crippen LogP contribution is -2.27. The normalized spacial score (nSPS) is 13.3. The van der Waals surface area contributed by atoms with E-state index in [0.717, 1.165) is 5.69 Å². The van der Waals surface area contributed by atoms with Crippen LogP contribution in [0.5, 0.6) is 0 Å². The minimum atomic E-state index is -0.193. The lowest BCUT2D eigenvalue weighted by Gasteiger charge is -2.15. The van der Waals surface area contributed by atoms with Crippen molar-refractivity contribution in [3.8, 4) is 0 Å². The predicted molar refractivity (Wildman–Crippen MR) is 96.6 cm³/mol. The third kappa shape index (κ3) is 4.15. The Kier molecular flexibility index (Phi) is 4.97. The summed E-state index contributed by atoms with van der Waals surface area (Å²) >= 11 is 0. The number of aromatic nitrogens is 2. The number of carbonyl (C=O) groups excluding carboxylic acids is 2. The maximum absolute atomic E-state index is 12.2. The molecule has 25 heavy (non-hydrogen) atoms. The Morgan fingerprint density at radius 3 is 2.68 bits per heavy atom. The van der Waals surface area contributed by atoms with Gasteiger partial charge in [-0.05, 0) is 49.2 Å². The van der Waals surface area contributed by atoms with Gasteiger partial charge in [0.25, 0.3) is 5.91 Å². The Hall–Kier alpha value is -2.89. The molecular formula is C19H22N4O2. The van der Waals surface area contributed by atoms with Crippen LogP contribution in [0.15, 0.2) is 49.2 Å². The van der Waals surface area contributed by atoms with E-state index < -0.39 is 0 Å². The van der Waals surface area contributed by atoms with E-state index in [-0.39, 0.29) is 11.8 Å². The second-order valence-electron chi connectivity index (χ2n) is 6.18. The lowest BCUT2D eigenvalue weighted by molar-refractivity contribution is -0.113. The largest absolute Gasteiger partial charge is 0.350 e. The van der Waals surface area contributed by atoms with Crippen molar-refractivity contribution >= 4 is 17.5 Å². The van der Waals surface area contributed by atoms with Crippen molar-refractivity contribution < 1.29 is 9.59 Å².